The van der Waals surface area contributed by atoms with Crippen LogP contribution in [0, 0.1) is 19.7 Å². The van der Waals surface area contributed by atoms with Crippen molar-refractivity contribution in [3.05, 3.63) is 89.1 Å². The average Bonchev–Trinajstić information content (AvgIpc) is 3.34. The van der Waals surface area contributed by atoms with E-state index in [1.54, 1.807) is 6.07 Å². The lowest BCUT2D eigenvalue weighted by atomic mass is 10.0. The molecule has 28 heavy (non-hydrogen) atoms. The number of benzene rings is 2. The lowest BCUT2D eigenvalue weighted by Gasteiger charge is -2.08. The van der Waals surface area contributed by atoms with Crippen molar-refractivity contribution in [2.24, 2.45) is 0 Å². The van der Waals surface area contributed by atoms with Crippen LogP contribution in [0.1, 0.15) is 27.2 Å². The van der Waals surface area contributed by atoms with E-state index in [1.165, 1.54) is 6.07 Å². The molecule has 0 saturated heterocycles. The Bertz CT molecular complexity index is 1130. The fourth-order valence-electron chi connectivity index (χ4n) is 3.65. The van der Waals surface area contributed by atoms with Crippen molar-refractivity contribution < 1.29 is 9.18 Å². The molecule has 2 aromatic carbocycles. The molecule has 2 heterocycles. The Morgan fingerprint density at radius 3 is 2.50 bits per heavy atom. The Hall–Kier alpha value is -3.34. The second-order valence-electron chi connectivity index (χ2n) is 6.99. The number of H-pyrrole nitrogens is 1. The number of rotatable bonds is 5. The molecule has 0 spiro atoms. The van der Waals surface area contributed by atoms with Gasteiger partial charge in [0.2, 0.25) is 0 Å². The first kappa shape index (κ1) is 18.0. The lowest BCUT2D eigenvalue weighted by Crippen LogP contribution is -2.25. The minimum absolute atomic E-state index is 0.112. The monoisotopic (exact) mass is 375 g/mol. The molecule has 4 nitrogen and oxygen atoms in total. The molecule has 0 unspecified atom stereocenters. The van der Waals surface area contributed by atoms with Gasteiger partial charge in [-0.25, -0.2) is 4.39 Å². The summed E-state index contributed by atoms with van der Waals surface area (Å²) in [5.74, 6) is -0.360. The van der Waals surface area contributed by atoms with Crippen LogP contribution >= 0.6 is 0 Å². The van der Waals surface area contributed by atoms with Gasteiger partial charge in [0, 0.05) is 41.3 Å². The molecule has 0 fully saturated rings. The van der Waals surface area contributed by atoms with Crippen molar-refractivity contribution >= 4 is 16.8 Å². The number of carbonyl (C=O) groups excluding carboxylic acids is 1. The summed E-state index contributed by atoms with van der Waals surface area (Å²) in [4.78, 5) is 15.6. The maximum atomic E-state index is 14.1. The van der Waals surface area contributed by atoms with Gasteiger partial charge in [-0.1, -0.05) is 6.07 Å². The van der Waals surface area contributed by atoms with Crippen LogP contribution in [-0.4, -0.2) is 22.0 Å². The molecule has 4 aromatic rings. The number of hydrogen-bond donors (Lipinski definition) is 2. The highest BCUT2D eigenvalue weighted by Gasteiger charge is 2.14. The minimum atomic E-state index is -0.248. The summed E-state index contributed by atoms with van der Waals surface area (Å²) >= 11 is 0. The number of aromatic amines is 1. The maximum Gasteiger partial charge on any atom is 0.251 e. The summed E-state index contributed by atoms with van der Waals surface area (Å²) in [6.45, 7) is 4.40. The SMILES string of the molecule is Cc1[nH]c2c(F)ccc(C)c2c1CCNC(=O)c1ccc(-n2cccc2)cc1. The summed E-state index contributed by atoms with van der Waals surface area (Å²) in [6.07, 6.45) is 4.57. The Kier molecular flexibility index (Phi) is 4.74. The summed E-state index contributed by atoms with van der Waals surface area (Å²) in [6, 6.07) is 14.7. The molecule has 0 bridgehead atoms. The van der Waals surface area contributed by atoms with Crippen LogP contribution in [-0.2, 0) is 6.42 Å². The van der Waals surface area contributed by atoms with Crippen LogP contribution in [0.15, 0.2) is 60.9 Å². The van der Waals surface area contributed by atoms with Gasteiger partial charge in [0.1, 0.15) is 5.82 Å². The smallest absolute Gasteiger partial charge is 0.251 e. The highest BCUT2D eigenvalue weighted by molar-refractivity contribution is 5.94. The quantitative estimate of drug-likeness (QED) is 0.522. The second-order valence-corrected chi connectivity index (χ2v) is 6.99. The number of halogens is 1. The van der Waals surface area contributed by atoms with E-state index in [-0.39, 0.29) is 11.7 Å². The molecule has 5 heteroatoms. The van der Waals surface area contributed by atoms with E-state index >= 15 is 0 Å². The predicted molar refractivity (Wildman–Crippen MR) is 110 cm³/mol. The standard InChI is InChI=1S/C23H22FN3O/c1-15-5-10-20(24)22-21(15)19(16(2)26-22)11-12-25-23(28)17-6-8-18(9-7-17)27-13-3-4-14-27/h3-10,13-14,26H,11-12H2,1-2H3,(H,25,28). The topological polar surface area (TPSA) is 49.8 Å². The molecule has 1 amide bonds. The summed E-state index contributed by atoms with van der Waals surface area (Å²) in [5.41, 5.74) is 5.19. The van der Waals surface area contributed by atoms with Crippen LogP contribution in [0.4, 0.5) is 4.39 Å². The first-order valence-corrected chi connectivity index (χ1v) is 9.32. The van der Waals surface area contributed by atoms with Crippen molar-refractivity contribution in [1.82, 2.24) is 14.9 Å². The van der Waals surface area contributed by atoms with Crippen molar-refractivity contribution in [3.8, 4) is 5.69 Å². The number of aromatic nitrogens is 2. The third-order valence-corrected chi connectivity index (χ3v) is 5.12. The number of aryl methyl sites for hydroxylation is 2. The van der Waals surface area contributed by atoms with E-state index in [0.29, 0.717) is 24.0 Å². The van der Waals surface area contributed by atoms with E-state index in [1.807, 2.05) is 67.2 Å². The second kappa shape index (κ2) is 7.35. The van der Waals surface area contributed by atoms with Gasteiger partial charge in [0.05, 0.1) is 5.52 Å². The van der Waals surface area contributed by atoms with Crippen LogP contribution in [0.5, 0.6) is 0 Å². The number of fused-ring (bicyclic) bond motifs is 1. The number of nitrogens with zero attached hydrogens (tertiary/aromatic N) is 1. The van der Waals surface area contributed by atoms with E-state index in [2.05, 4.69) is 10.3 Å². The Morgan fingerprint density at radius 2 is 1.79 bits per heavy atom. The molecule has 2 N–H and O–H groups in total. The summed E-state index contributed by atoms with van der Waals surface area (Å²) < 4.78 is 16.1. The predicted octanol–water partition coefficient (Wildman–Crippen LogP) is 4.69. The first-order valence-electron chi connectivity index (χ1n) is 9.32. The van der Waals surface area contributed by atoms with Gasteiger partial charge in [-0.2, -0.15) is 0 Å². The molecule has 0 atom stereocenters. The van der Waals surface area contributed by atoms with Crippen molar-refractivity contribution in [1.29, 1.82) is 0 Å². The van der Waals surface area contributed by atoms with Gasteiger partial charge in [-0.05, 0) is 73.9 Å². The number of amides is 1. The highest BCUT2D eigenvalue weighted by atomic mass is 19.1. The van der Waals surface area contributed by atoms with Gasteiger partial charge >= 0.3 is 0 Å². The van der Waals surface area contributed by atoms with Gasteiger partial charge < -0.3 is 14.9 Å². The largest absolute Gasteiger partial charge is 0.356 e. The Labute approximate surface area is 163 Å². The van der Waals surface area contributed by atoms with E-state index in [0.717, 1.165) is 27.9 Å². The van der Waals surface area contributed by atoms with Crippen LogP contribution in [0.25, 0.3) is 16.6 Å². The maximum absolute atomic E-state index is 14.1. The van der Waals surface area contributed by atoms with Crippen molar-refractivity contribution in [2.75, 3.05) is 6.54 Å². The zero-order chi connectivity index (χ0) is 19.7. The van der Waals surface area contributed by atoms with Crippen LogP contribution in [0.2, 0.25) is 0 Å². The van der Waals surface area contributed by atoms with Gasteiger partial charge in [-0.3, -0.25) is 4.79 Å². The third-order valence-electron chi connectivity index (χ3n) is 5.12. The molecule has 142 valence electrons. The molecule has 4 rings (SSSR count). The normalized spacial score (nSPS) is 11.1. The average molecular weight is 375 g/mol. The van der Waals surface area contributed by atoms with Crippen molar-refractivity contribution in [3.63, 3.8) is 0 Å². The molecule has 2 aromatic heterocycles. The summed E-state index contributed by atoms with van der Waals surface area (Å²) in [7, 11) is 0. The molecule has 0 saturated carbocycles. The molecule has 0 aliphatic rings. The van der Waals surface area contributed by atoms with Gasteiger partial charge in [0.15, 0.2) is 0 Å². The molecule has 0 radical (unpaired) electrons. The van der Waals surface area contributed by atoms with Crippen LogP contribution in [0.3, 0.4) is 0 Å². The van der Waals surface area contributed by atoms with E-state index in [4.69, 9.17) is 0 Å². The van der Waals surface area contributed by atoms with Gasteiger partial charge in [0.25, 0.3) is 5.91 Å². The van der Waals surface area contributed by atoms with E-state index in [9.17, 15) is 9.18 Å². The molecular weight excluding hydrogens is 353 g/mol. The summed E-state index contributed by atoms with van der Waals surface area (Å²) in [5, 5.41) is 3.88. The van der Waals surface area contributed by atoms with E-state index < -0.39 is 0 Å². The molecule has 0 aliphatic heterocycles. The third kappa shape index (κ3) is 3.31. The van der Waals surface area contributed by atoms with Crippen molar-refractivity contribution in [2.45, 2.75) is 20.3 Å². The fourth-order valence-corrected chi connectivity index (χ4v) is 3.65. The molecule has 0 aliphatic carbocycles. The molecular formula is C23H22FN3O. The number of carbonyl (C=O) groups is 1. The fraction of sp³-hybridized carbons (Fsp3) is 0.174. The highest BCUT2D eigenvalue weighted by Crippen LogP contribution is 2.27. The van der Waals surface area contributed by atoms with Crippen LogP contribution < -0.4 is 5.32 Å². The zero-order valence-electron chi connectivity index (χ0n) is 15.9. The Morgan fingerprint density at radius 1 is 1.07 bits per heavy atom. The number of hydrogen-bond acceptors (Lipinski definition) is 1. The minimum Gasteiger partial charge on any atom is -0.356 e. The lowest BCUT2D eigenvalue weighted by molar-refractivity contribution is 0.0954. The number of nitrogens with one attached hydrogen (secondary N) is 2. The zero-order valence-corrected chi connectivity index (χ0v) is 15.9. The Balaban J connectivity index is 1.44. The van der Waals surface area contributed by atoms with Gasteiger partial charge in [-0.15, -0.1) is 0 Å². The first-order chi connectivity index (χ1) is 13.5.